The van der Waals surface area contributed by atoms with Crippen LogP contribution in [0.4, 0.5) is 5.69 Å². The molecule has 0 bridgehead atoms. The number of nitrogens with zero attached hydrogens (tertiary/aromatic N) is 1. The molecule has 1 aromatic rings. The van der Waals surface area contributed by atoms with Gasteiger partial charge in [0, 0.05) is 12.2 Å². The normalized spacial score (nSPS) is 14.8. The highest BCUT2D eigenvalue weighted by Crippen LogP contribution is 2.30. The number of rotatable bonds is 5. The fraction of sp³-hybridized carbons (Fsp3) is 0.579. The zero-order valence-corrected chi connectivity index (χ0v) is 16.4. The summed E-state index contributed by atoms with van der Waals surface area (Å²) in [6.45, 7) is 8.80. The molecule has 0 spiro atoms. The van der Waals surface area contributed by atoms with Crippen LogP contribution in [0.15, 0.2) is 18.2 Å². The fourth-order valence-corrected chi connectivity index (χ4v) is 2.91. The molecule has 6 heteroatoms. The van der Waals surface area contributed by atoms with Crippen molar-refractivity contribution in [1.29, 1.82) is 0 Å². The van der Waals surface area contributed by atoms with Crippen molar-refractivity contribution in [3.05, 3.63) is 29.3 Å². The van der Waals surface area contributed by atoms with Crippen molar-refractivity contribution in [2.75, 3.05) is 18.0 Å². The molecule has 25 heavy (non-hydrogen) atoms. The molecule has 0 fully saturated rings. The Hall–Kier alpha value is -1.59. The number of carbonyl (C=O) groups is 2. The van der Waals surface area contributed by atoms with Crippen LogP contribution in [0.3, 0.4) is 0 Å². The lowest BCUT2D eigenvalue weighted by molar-refractivity contribution is -0.126. The summed E-state index contributed by atoms with van der Waals surface area (Å²) < 4.78 is 0. The molecular weight excluding hydrogens is 338 g/mol. The van der Waals surface area contributed by atoms with Crippen molar-refractivity contribution in [2.45, 2.75) is 52.5 Å². The van der Waals surface area contributed by atoms with E-state index in [9.17, 15) is 9.59 Å². The van der Waals surface area contributed by atoms with E-state index in [1.165, 1.54) is 11.1 Å². The minimum atomic E-state index is -0.583. The Bertz CT molecular complexity index is 617. The average molecular weight is 368 g/mol. The van der Waals surface area contributed by atoms with Crippen molar-refractivity contribution in [2.24, 2.45) is 11.7 Å². The number of halogens is 1. The lowest BCUT2D eigenvalue weighted by Gasteiger charge is -2.30. The van der Waals surface area contributed by atoms with E-state index in [2.05, 4.69) is 31.3 Å². The van der Waals surface area contributed by atoms with Crippen molar-refractivity contribution < 1.29 is 9.59 Å². The number of nitrogens with two attached hydrogens (primary N) is 1. The van der Waals surface area contributed by atoms with E-state index in [1.54, 1.807) is 4.90 Å². The number of hydrogen-bond acceptors (Lipinski definition) is 3. The molecule has 1 aromatic carbocycles. The molecule has 0 saturated carbocycles. The maximum absolute atomic E-state index is 12.5. The second-order valence-electron chi connectivity index (χ2n) is 7.18. The number of nitrogens with one attached hydrogen (secondary N) is 1. The number of benzene rings is 1. The maximum atomic E-state index is 12.5. The SMILES string of the molecule is CC(C)c1ccc2c(c1)CCCN2C(=O)CNC(=O)[C@@H](N)C(C)C.Cl. The van der Waals surface area contributed by atoms with Gasteiger partial charge >= 0.3 is 0 Å². The number of carbonyl (C=O) groups excluding carboxylic acids is 2. The number of aryl methyl sites for hydroxylation is 1. The lowest BCUT2D eigenvalue weighted by Crippen LogP contribution is -2.48. The van der Waals surface area contributed by atoms with Gasteiger partial charge < -0.3 is 16.0 Å². The zero-order chi connectivity index (χ0) is 17.9. The largest absolute Gasteiger partial charge is 0.346 e. The van der Waals surface area contributed by atoms with Crippen molar-refractivity contribution >= 4 is 29.9 Å². The van der Waals surface area contributed by atoms with Gasteiger partial charge in [0.15, 0.2) is 0 Å². The van der Waals surface area contributed by atoms with Gasteiger partial charge in [-0.15, -0.1) is 12.4 Å². The van der Waals surface area contributed by atoms with Crippen LogP contribution in [-0.4, -0.2) is 30.9 Å². The molecule has 0 aliphatic carbocycles. The first-order chi connectivity index (χ1) is 11.3. The first kappa shape index (κ1) is 21.5. The van der Waals surface area contributed by atoms with Crippen LogP contribution in [-0.2, 0) is 16.0 Å². The molecule has 0 radical (unpaired) electrons. The van der Waals surface area contributed by atoms with Crippen molar-refractivity contribution in [3.63, 3.8) is 0 Å². The van der Waals surface area contributed by atoms with Crippen molar-refractivity contribution in [1.82, 2.24) is 5.32 Å². The molecule has 0 unspecified atom stereocenters. The topological polar surface area (TPSA) is 75.4 Å². The Morgan fingerprint density at radius 3 is 2.52 bits per heavy atom. The molecule has 1 atom stereocenters. The maximum Gasteiger partial charge on any atom is 0.246 e. The molecule has 0 saturated heterocycles. The van der Waals surface area contributed by atoms with Gasteiger partial charge in [0.05, 0.1) is 12.6 Å². The second kappa shape index (κ2) is 9.20. The van der Waals surface area contributed by atoms with E-state index in [0.717, 1.165) is 18.5 Å². The highest BCUT2D eigenvalue weighted by atomic mass is 35.5. The summed E-state index contributed by atoms with van der Waals surface area (Å²) in [5.74, 6) is 0.159. The second-order valence-corrected chi connectivity index (χ2v) is 7.18. The van der Waals surface area contributed by atoms with E-state index in [1.807, 2.05) is 19.9 Å². The van der Waals surface area contributed by atoms with Gasteiger partial charge in [-0.1, -0.05) is 39.8 Å². The predicted octanol–water partition coefficient (Wildman–Crippen LogP) is 2.61. The Morgan fingerprint density at radius 2 is 1.92 bits per heavy atom. The molecular formula is C19H30ClN3O2. The van der Waals surface area contributed by atoms with Crippen molar-refractivity contribution in [3.8, 4) is 0 Å². The van der Waals surface area contributed by atoms with Crippen LogP contribution >= 0.6 is 12.4 Å². The van der Waals surface area contributed by atoms with Crippen LogP contribution in [0.25, 0.3) is 0 Å². The van der Waals surface area contributed by atoms with Gasteiger partial charge in [0.1, 0.15) is 0 Å². The minimum Gasteiger partial charge on any atom is -0.346 e. The molecule has 1 aliphatic heterocycles. The number of hydrogen-bond donors (Lipinski definition) is 2. The zero-order valence-electron chi connectivity index (χ0n) is 15.5. The predicted molar refractivity (Wildman–Crippen MR) is 104 cm³/mol. The van der Waals surface area contributed by atoms with Gasteiger partial charge in [0.2, 0.25) is 11.8 Å². The van der Waals surface area contributed by atoms with Gasteiger partial charge in [-0.25, -0.2) is 0 Å². The molecule has 5 nitrogen and oxygen atoms in total. The molecule has 0 aromatic heterocycles. The summed E-state index contributed by atoms with van der Waals surface area (Å²) in [5, 5.41) is 2.67. The van der Waals surface area contributed by atoms with E-state index < -0.39 is 6.04 Å². The first-order valence-electron chi connectivity index (χ1n) is 8.77. The van der Waals surface area contributed by atoms with Gasteiger partial charge in [0.25, 0.3) is 0 Å². The van der Waals surface area contributed by atoms with Crippen LogP contribution in [0.1, 0.15) is 51.2 Å². The molecule has 2 amide bonds. The van der Waals surface area contributed by atoms with E-state index in [0.29, 0.717) is 12.5 Å². The third-order valence-electron chi connectivity index (χ3n) is 4.62. The summed E-state index contributed by atoms with van der Waals surface area (Å²) in [5.41, 5.74) is 9.28. The van der Waals surface area contributed by atoms with Crippen LogP contribution in [0.5, 0.6) is 0 Å². The Labute approximate surface area is 156 Å². The highest BCUT2D eigenvalue weighted by molar-refractivity contribution is 5.98. The van der Waals surface area contributed by atoms with Crippen LogP contribution < -0.4 is 16.0 Å². The monoisotopic (exact) mass is 367 g/mol. The number of fused-ring (bicyclic) bond motifs is 1. The summed E-state index contributed by atoms with van der Waals surface area (Å²) in [6.07, 6.45) is 1.93. The van der Waals surface area contributed by atoms with E-state index >= 15 is 0 Å². The number of amides is 2. The average Bonchev–Trinajstić information content (AvgIpc) is 2.57. The molecule has 2 rings (SSSR count). The highest BCUT2D eigenvalue weighted by Gasteiger charge is 2.24. The standard InChI is InChI=1S/C19H29N3O2.ClH/c1-12(2)14-7-8-16-15(10-14)6-5-9-22(16)17(23)11-21-19(24)18(20)13(3)4;/h7-8,10,12-13,18H,5-6,9,11,20H2,1-4H3,(H,21,24);1H/t18-;/m0./s1. The fourth-order valence-electron chi connectivity index (χ4n) is 2.91. The third-order valence-corrected chi connectivity index (χ3v) is 4.62. The van der Waals surface area contributed by atoms with Gasteiger partial charge in [-0.3, -0.25) is 9.59 Å². The Morgan fingerprint density at radius 1 is 1.24 bits per heavy atom. The summed E-state index contributed by atoms with van der Waals surface area (Å²) in [4.78, 5) is 26.3. The van der Waals surface area contributed by atoms with E-state index in [-0.39, 0.29) is 36.7 Å². The minimum absolute atomic E-state index is 0. The van der Waals surface area contributed by atoms with Crippen LogP contribution in [0, 0.1) is 5.92 Å². The summed E-state index contributed by atoms with van der Waals surface area (Å²) in [6, 6.07) is 5.73. The Kier molecular flexibility index (Phi) is 7.90. The summed E-state index contributed by atoms with van der Waals surface area (Å²) in [7, 11) is 0. The van der Waals surface area contributed by atoms with Gasteiger partial charge in [-0.05, 0) is 41.9 Å². The number of anilines is 1. The van der Waals surface area contributed by atoms with E-state index in [4.69, 9.17) is 5.73 Å². The lowest BCUT2D eigenvalue weighted by atomic mass is 9.95. The third kappa shape index (κ3) is 5.19. The quantitative estimate of drug-likeness (QED) is 0.839. The smallest absolute Gasteiger partial charge is 0.246 e. The van der Waals surface area contributed by atoms with Crippen LogP contribution in [0.2, 0.25) is 0 Å². The molecule has 3 N–H and O–H groups in total. The van der Waals surface area contributed by atoms with Gasteiger partial charge in [-0.2, -0.15) is 0 Å². The first-order valence-corrected chi connectivity index (χ1v) is 8.77. The molecule has 140 valence electrons. The molecule has 1 heterocycles. The Balaban J connectivity index is 0.00000312. The molecule has 1 aliphatic rings. The summed E-state index contributed by atoms with van der Waals surface area (Å²) >= 11 is 0.